The molecular formula is C14H21NO2S. The van der Waals surface area contributed by atoms with Gasteiger partial charge in [0, 0.05) is 18.0 Å². The number of aryl methyl sites for hydroxylation is 1. The number of likely N-dealkylation sites (N-methyl/N-ethyl adjacent to an activating group) is 1. The molecule has 1 aliphatic rings. The first-order valence-electron chi connectivity index (χ1n) is 6.51. The highest BCUT2D eigenvalue weighted by Gasteiger charge is 2.18. The quantitative estimate of drug-likeness (QED) is 0.768. The van der Waals surface area contributed by atoms with E-state index in [1.807, 2.05) is 26.1 Å². The van der Waals surface area contributed by atoms with E-state index in [0.29, 0.717) is 12.5 Å². The molecule has 18 heavy (non-hydrogen) atoms. The highest BCUT2D eigenvalue weighted by molar-refractivity contribution is 7.14. The normalized spacial score (nSPS) is 20.3. The third kappa shape index (κ3) is 3.90. The van der Waals surface area contributed by atoms with Gasteiger partial charge in [0.15, 0.2) is 5.78 Å². The molecule has 1 fully saturated rings. The van der Waals surface area contributed by atoms with E-state index in [1.165, 1.54) is 11.3 Å². The maximum Gasteiger partial charge on any atom is 0.186 e. The molecule has 0 spiro atoms. The molecule has 1 unspecified atom stereocenters. The summed E-state index contributed by atoms with van der Waals surface area (Å²) in [7, 11) is 2.02. The number of carbonyl (C=O) groups excluding carboxylic acids is 1. The minimum Gasteiger partial charge on any atom is -0.381 e. The van der Waals surface area contributed by atoms with E-state index in [-0.39, 0.29) is 5.78 Å². The fraction of sp³-hybridized carbons (Fsp3) is 0.643. The monoisotopic (exact) mass is 267 g/mol. The van der Waals surface area contributed by atoms with E-state index in [9.17, 15) is 4.79 Å². The SMILES string of the molecule is Cc1ccc(C(=O)CN(C)CC2CCCOC2)s1. The van der Waals surface area contributed by atoms with Crippen LogP contribution in [0.3, 0.4) is 0 Å². The maximum atomic E-state index is 12.0. The number of thiophene rings is 1. The van der Waals surface area contributed by atoms with Crippen molar-refractivity contribution in [2.24, 2.45) is 5.92 Å². The number of ketones is 1. The van der Waals surface area contributed by atoms with Gasteiger partial charge < -0.3 is 4.74 Å². The lowest BCUT2D eigenvalue weighted by atomic mass is 10.0. The Balaban J connectivity index is 1.79. The fourth-order valence-electron chi connectivity index (χ4n) is 2.36. The summed E-state index contributed by atoms with van der Waals surface area (Å²) in [6.07, 6.45) is 2.37. The third-order valence-corrected chi connectivity index (χ3v) is 4.29. The van der Waals surface area contributed by atoms with Crippen molar-refractivity contribution in [2.45, 2.75) is 19.8 Å². The van der Waals surface area contributed by atoms with Crippen molar-refractivity contribution in [3.63, 3.8) is 0 Å². The van der Waals surface area contributed by atoms with Crippen LogP contribution in [0.25, 0.3) is 0 Å². The first-order chi connectivity index (χ1) is 8.65. The van der Waals surface area contributed by atoms with Crippen molar-refractivity contribution in [3.8, 4) is 0 Å². The Kier molecular flexibility index (Phi) is 4.92. The number of rotatable bonds is 5. The summed E-state index contributed by atoms with van der Waals surface area (Å²) in [5.74, 6) is 0.814. The number of hydrogen-bond acceptors (Lipinski definition) is 4. The molecule has 1 atom stereocenters. The van der Waals surface area contributed by atoms with Crippen LogP contribution in [0, 0.1) is 12.8 Å². The lowest BCUT2D eigenvalue weighted by Crippen LogP contribution is -2.34. The van der Waals surface area contributed by atoms with Crippen molar-refractivity contribution >= 4 is 17.1 Å². The summed E-state index contributed by atoms with van der Waals surface area (Å²) in [6.45, 7) is 5.24. The van der Waals surface area contributed by atoms with E-state index in [0.717, 1.165) is 31.1 Å². The molecule has 4 heteroatoms. The molecule has 1 aromatic rings. The molecule has 2 rings (SSSR count). The van der Waals surface area contributed by atoms with E-state index in [4.69, 9.17) is 4.74 Å². The van der Waals surface area contributed by atoms with Crippen molar-refractivity contribution in [1.82, 2.24) is 4.90 Å². The van der Waals surface area contributed by atoms with Crippen LogP contribution in [0.15, 0.2) is 12.1 Å². The summed E-state index contributed by atoms with van der Waals surface area (Å²) in [5, 5.41) is 0. The summed E-state index contributed by atoms with van der Waals surface area (Å²) in [4.78, 5) is 16.2. The van der Waals surface area contributed by atoms with Gasteiger partial charge in [0.1, 0.15) is 0 Å². The number of ether oxygens (including phenoxy) is 1. The number of nitrogens with zero attached hydrogens (tertiary/aromatic N) is 1. The largest absolute Gasteiger partial charge is 0.381 e. The Morgan fingerprint density at radius 3 is 3.00 bits per heavy atom. The zero-order valence-corrected chi connectivity index (χ0v) is 12.0. The lowest BCUT2D eigenvalue weighted by Gasteiger charge is -2.26. The summed E-state index contributed by atoms with van der Waals surface area (Å²) >= 11 is 1.58. The molecule has 2 heterocycles. The van der Waals surface area contributed by atoms with Crippen LogP contribution in [-0.2, 0) is 4.74 Å². The summed E-state index contributed by atoms with van der Waals surface area (Å²) < 4.78 is 5.47. The Morgan fingerprint density at radius 2 is 2.39 bits per heavy atom. The minimum absolute atomic E-state index is 0.229. The standard InChI is InChI=1S/C14H21NO2S/c1-11-5-6-14(18-11)13(16)9-15(2)8-12-4-3-7-17-10-12/h5-6,12H,3-4,7-10H2,1-2H3. The number of Topliss-reactive ketones (excluding diaryl/α,β-unsaturated/α-hetero) is 1. The summed E-state index contributed by atoms with van der Waals surface area (Å²) in [5.41, 5.74) is 0. The topological polar surface area (TPSA) is 29.5 Å². The second-order valence-corrected chi connectivity index (χ2v) is 6.40. The van der Waals surface area contributed by atoms with Crippen molar-refractivity contribution in [1.29, 1.82) is 0 Å². The molecule has 3 nitrogen and oxygen atoms in total. The van der Waals surface area contributed by atoms with Crippen LogP contribution in [0.1, 0.15) is 27.4 Å². The second kappa shape index (κ2) is 6.45. The molecule has 0 amide bonds. The number of hydrogen-bond donors (Lipinski definition) is 0. The van der Waals surface area contributed by atoms with Gasteiger partial charge in [0.05, 0.1) is 18.0 Å². The van der Waals surface area contributed by atoms with Crippen LogP contribution in [0.2, 0.25) is 0 Å². The van der Waals surface area contributed by atoms with Crippen LogP contribution >= 0.6 is 11.3 Å². The van der Waals surface area contributed by atoms with Gasteiger partial charge in [-0.1, -0.05) is 0 Å². The molecule has 1 saturated heterocycles. The Hall–Kier alpha value is -0.710. The van der Waals surface area contributed by atoms with Gasteiger partial charge in [-0.05, 0) is 44.9 Å². The zero-order chi connectivity index (χ0) is 13.0. The van der Waals surface area contributed by atoms with Gasteiger partial charge in [0.2, 0.25) is 0 Å². The molecular weight excluding hydrogens is 246 g/mol. The van der Waals surface area contributed by atoms with Gasteiger partial charge in [-0.15, -0.1) is 11.3 Å². The first-order valence-corrected chi connectivity index (χ1v) is 7.32. The molecule has 0 saturated carbocycles. The molecule has 0 N–H and O–H groups in total. The molecule has 0 aliphatic carbocycles. The van der Waals surface area contributed by atoms with E-state index >= 15 is 0 Å². The van der Waals surface area contributed by atoms with Crippen LogP contribution in [0.5, 0.6) is 0 Å². The highest BCUT2D eigenvalue weighted by Crippen LogP contribution is 2.17. The Labute approximate surface area is 113 Å². The first kappa shape index (κ1) is 13.7. The lowest BCUT2D eigenvalue weighted by molar-refractivity contribution is 0.0416. The fourth-order valence-corrected chi connectivity index (χ4v) is 3.16. The van der Waals surface area contributed by atoms with Crippen LogP contribution in [0.4, 0.5) is 0 Å². The molecule has 100 valence electrons. The predicted octanol–water partition coefficient (Wildman–Crippen LogP) is 2.60. The average Bonchev–Trinajstić information content (AvgIpc) is 2.77. The van der Waals surface area contributed by atoms with Crippen molar-refractivity contribution < 1.29 is 9.53 Å². The van der Waals surface area contributed by atoms with Crippen molar-refractivity contribution in [2.75, 3.05) is 33.4 Å². The van der Waals surface area contributed by atoms with Gasteiger partial charge in [-0.2, -0.15) is 0 Å². The van der Waals surface area contributed by atoms with E-state index in [1.54, 1.807) is 11.3 Å². The molecule has 0 bridgehead atoms. The average molecular weight is 267 g/mol. The second-order valence-electron chi connectivity index (χ2n) is 5.11. The van der Waals surface area contributed by atoms with Crippen LogP contribution in [-0.4, -0.2) is 44.0 Å². The summed E-state index contributed by atoms with van der Waals surface area (Å²) in [6, 6.07) is 3.94. The molecule has 1 aliphatic heterocycles. The third-order valence-electron chi connectivity index (χ3n) is 3.25. The number of carbonyl (C=O) groups is 1. The van der Waals surface area contributed by atoms with Crippen LogP contribution < -0.4 is 0 Å². The van der Waals surface area contributed by atoms with Gasteiger partial charge in [-0.25, -0.2) is 0 Å². The van der Waals surface area contributed by atoms with Gasteiger partial charge >= 0.3 is 0 Å². The smallest absolute Gasteiger partial charge is 0.186 e. The van der Waals surface area contributed by atoms with Gasteiger partial charge in [0.25, 0.3) is 0 Å². The zero-order valence-electron chi connectivity index (χ0n) is 11.1. The Bertz CT molecular complexity index is 396. The highest BCUT2D eigenvalue weighted by atomic mass is 32.1. The predicted molar refractivity (Wildman–Crippen MR) is 74.4 cm³/mol. The molecule has 1 aromatic heterocycles. The minimum atomic E-state index is 0.229. The molecule has 0 aromatic carbocycles. The maximum absolute atomic E-state index is 12.0. The van der Waals surface area contributed by atoms with E-state index in [2.05, 4.69) is 4.90 Å². The Morgan fingerprint density at radius 1 is 1.56 bits per heavy atom. The van der Waals surface area contributed by atoms with Crippen molar-refractivity contribution in [3.05, 3.63) is 21.9 Å². The van der Waals surface area contributed by atoms with E-state index < -0.39 is 0 Å². The van der Waals surface area contributed by atoms with Gasteiger partial charge in [-0.3, -0.25) is 9.69 Å². The molecule has 0 radical (unpaired) electrons.